The van der Waals surface area contributed by atoms with E-state index in [-0.39, 0.29) is 6.54 Å². The lowest BCUT2D eigenvalue weighted by molar-refractivity contribution is 0.554. The van der Waals surface area contributed by atoms with Crippen molar-refractivity contribution in [3.63, 3.8) is 0 Å². The van der Waals surface area contributed by atoms with Gasteiger partial charge < -0.3 is 5.73 Å². The van der Waals surface area contributed by atoms with Crippen molar-refractivity contribution in [1.29, 1.82) is 0 Å². The molecule has 0 aromatic carbocycles. The predicted molar refractivity (Wildman–Crippen MR) is 72.2 cm³/mol. The number of nitrogens with two attached hydrogens (primary N) is 1. The number of aromatic nitrogens is 3. The number of hydrogen-bond donors (Lipinski definition) is 2. The zero-order valence-corrected chi connectivity index (χ0v) is 12.0. The maximum Gasteiger partial charge on any atom is 0.250 e. The minimum absolute atomic E-state index is 0.264. The van der Waals surface area contributed by atoms with Gasteiger partial charge in [0.2, 0.25) is 10.0 Å². The molecule has 0 atom stereocenters. The Labute approximate surface area is 115 Å². The van der Waals surface area contributed by atoms with E-state index in [0.29, 0.717) is 17.3 Å². The van der Waals surface area contributed by atoms with Crippen LogP contribution in [0.4, 0.5) is 0 Å². The fourth-order valence-corrected chi connectivity index (χ4v) is 4.07. The van der Waals surface area contributed by atoms with E-state index in [1.165, 1.54) is 11.3 Å². The molecule has 0 aliphatic carbocycles. The molecular formula is C10H15N5O2S2. The second-order valence-electron chi connectivity index (χ2n) is 3.94. The number of thiophene rings is 1. The van der Waals surface area contributed by atoms with Crippen LogP contribution >= 0.6 is 11.3 Å². The molecule has 2 heterocycles. The Bertz CT molecular complexity index is 633. The minimum Gasteiger partial charge on any atom is -0.326 e. The Morgan fingerprint density at radius 2 is 2.32 bits per heavy atom. The van der Waals surface area contributed by atoms with Crippen LogP contribution in [0.2, 0.25) is 0 Å². The molecule has 0 aliphatic rings. The van der Waals surface area contributed by atoms with Gasteiger partial charge in [-0.05, 0) is 18.6 Å². The Morgan fingerprint density at radius 3 is 2.89 bits per heavy atom. The number of nitrogens with one attached hydrogen (secondary N) is 1. The van der Waals surface area contributed by atoms with Gasteiger partial charge >= 0.3 is 0 Å². The zero-order valence-electron chi connectivity index (χ0n) is 10.4. The number of aryl methyl sites for hydroxylation is 1. The highest BCUT2D eigenvalue weighted by Crippen LogP contribution is 2.25. The number of nitrogens with zero attached hydrogens (tertiary/aromatic N) is 3. The van der Waals surface area contributed by atoms with E-state index in [4.69, 9.17) is 5.73 Å². The van der Waals surface area contributed by atoms with Gasteiger partial charge in [-0.15, -0.1) is 16.4 Å². The highest BCUT2D eigenvalue weighted by molar-refractivity contribution is 7.91. The first-order valence-corrected chi connectivity index (χ1v) is 7.96. The highest BCUT2D eigenvalue weighted by Gasteiger charge is 2.17. The monoisotopic (exact) mass is 301 g/mol. The topological polar surface area (TPSA) is 103 Å². The largest absolute Gasteiger partial charge is 0.326 e. The van der Waals surface area contributed by atoms with Crippen LogP contribution in [0.5, 0.6) is 0 Å². The molecule has 2 aromatic rings. The molecule has 9 heteroatoms. The van der Waals surface area contributed by atoms with Gasteiger partial charge in [0.1, 0.15) is 4.21 Å². The summed E-state index contributed by atoms with van der Waals surface area (Å²) in [6.07, 6.45) is 3.22. The predicted octanol–water partition coefficient (Wildman–Crippen LogP) is 0.0852. The molecule has 0 saturated heterocycles. The average Bonchev–Trinajstić information content (AvgIpc) is 2.98. The van der Waals surface area contributed by atoms with E-state index >= 15 is 0 Å². The Hall–Kier alpha value is -1.29. The number of rotatable bonds is 6. The summed E-state index contributed by atoms with van der Waals surface area (Å²) in [6, 6.07) is 1.64. The van der Waals surface area contributed by atoms with Crippen LogP contribution in [0.1, 0.15) is 10.4 Å². The first-order chi connectivity index (χ1) is 9.03. The van der Waals surface area contributed by atoms with Gasteiger partial charge in [-0.25, -0.2) is 13.1 Å². The molecule has 0 radical (unpaired) electrons. The molecule has 0 fully saturated rings. The molecule has 3 N–H and O–H groups in total. The summed E-state index contributed by atoms with van der Waals surface area (Å²) in [5.74, 6) is 0. The van der Waals surface area contributed by atoms with Crippen molar-refractivity contribution in [2.45, 2.75) is 24.2 Å². The molecule has 104 valence electrons. The van der Waals surface area contributed by atoms with Crippen molar-refractivity contribution in [2.75, 3.05) is 6.54 Å². The molecule has 2 rings (SSSR count). The molecule has 2 aromatic heterocycles. The van der Waals surface area contributed by atoms with E-state index in [2.05, 4.69) is 15.0 Å². The Morgan fingerprint density at radius 1 is 1.53 bits per heavy atom. The fourth-order valence-electron chi connectivity index (χ4n) is 1.54. The van der Waals surface area contributed by atoms with E-state index in [1.807, 2.05) is 6.92 Å². The van der Waals surface area contributed by atoms with Gasteiger partial charge in [0.05, 0.1) is 12.7 Å². The number of hydrogen-bond acceptors (Lipinski definition) is 6. The van der Waals surface area contributed by atoms with E-state index in [9.17, 15) is 8.42 Å². The van der Waals surface area contributed by atoms with Crippen molar-refractivity contribution in [3.05, 3.63) is 28.9 Å². The molecule has 0 spiro atoms. The van der Waals surface area contributed by atoms with Crippen molar-refractivity contribution in [3.8, 4) is 0 Å². The SMILES string of the molecule is Cc1cc(S(=O)(=O)NCCn2ccnn2)sc1CN. The van der Waals surface area contributed by atoms with Crippen LogP contribution in [0, 0.1) is 6.92 Å². The van der Waals surface area contributed by atoms with Crippen LogP contribution in [-0.2, 0) is 23.1 Å². The smallest absolute Gasteiger partial charge is 0.250 e. The normalized spacial score (nSPS) is 11.9. The van der Waals surface area contributed by atoms with Crippen LogP contribution in [0.3, 0.4) is 0 Å². The summed E-state index contributed by atoms with van der Waals surface area (Å²) in [4.78, 5) is 0.886. The summed E-state index contributed by atoms with van der Waals surface area (Å²) in [5, 5.41) is 7.40. The Balaban J connectivity index is 2.01. The van der Waals surface area contributed by atoms with Crippen molar-refractivity contribution in [1.82, 2.24) is 19.7 Å². The number of sulfonamides is 1. The second-order valence-corrected chi connectivity index (χ2v) is 7.07. The van der Waals surface area contributed by atoms with Crippen molar-refractivity contribution >= 4 is 21.4 Å². The van der Waals surface area contributed by atoms with Gasteiger partial charge in [-0.2, -0.15) is 0 Å². The second kappa shape index (κ2) is 5.78. The van der Waals surface area contributed by atoms with Gasteiger partial charge in [0, 0.05) is 24.2 Å². The van der Waals surface area contributed by atoms with Crippen LogP contribution in [0.25, 0.3) is 0 Å². The van der Waals surface area contributed by atoms with Gasteiger partial charge in [-0.1, -0.05) is 5.21 Å². The van der Waals surface area contributed by atoms with Crippen LogP contribution in [-0.4, -0.2) is 30.0 Å². The first kappa shape index (κ1) is 14.1. The van der Waals surface area contributed by atoms with Crippen LogP contribution < -0.4 is 10.5 Å². The lowest BCUT2D eigenvalue weighted by atomic mass is 10.3. The van der Waals surface area contributed by atoms with Gasteiger partial charge in [-0.3, -0.25) is 4.68 Å². The third-order valence-corrected chi connectivity index (χ3v) is 5.75. The lowest BCUT2D eigenvalue weighted by Gasteiger charge is -2.04. The maximum absolute atomic E-state index is 12.1. The molecule has 0 amide bonds. The fraction of sp³-hybridized carbons (Fsp3) is 0.400. The third-order valence-electron chi connectivity index (χ3n) is 2.55. The van der Waals surface area contributed by atoms with Gasteiger partial charge in [0.25, 0.3) is 0 Å². The lowest BCUT2D eigenvalue weighted by Crippen LogP contribution is -2.27. The van der Waals surface area contributed by atoms with E-state index in [1.54, 1.807) is 23.1 Å². The summed E-state index contributed by atoms with van der Waals surface area (Å²) < 4.78 is 28.5. The maximum atomic E-state index is 12.1. The third kappa shape index (κ3) is 3.38. The van der Waals surface area contributed by atoms with Crippen LogP contribution in [0.15, 0.2) is 22.7 Å². The van der Waals surface area contributed by atoms with Crippen molar-refractivity contribution in [2.24, 2.45) is 5.73 Å². The minimum atomic E-state index is -3.47. The molecule has 0 saturated carbocycles. The summed E-state index contributed by atoms with van der Waals surface area (Å²) in [5.41, 5.74) is 6.45. The summed E-state index contributed by atoms with van der Waals surface area (Å²) >= 11 is 1.20. The summed E-state index contributed by atoms with van der Waals surface area (Å²) in [7, 11) is -3.47. The molecule has 0 unspecified atom stereocenters. The quantitative estimate of drug-likeness (QED) is 0.787. The molecule has 0 bridgehead atoms. The van der Waals surface area contributed by atoms with E-state index < -0.39 is 10.0 Å². The zero-order chi connectivity index (χ0) is 13.9. The average molecular weight is 301 g/mol. The summed E-state index contributed by atoms with van der Waals surface area (Å²) in [6.45, 7) is 2.91. The molecule has 7 nitrogen and oxygen atoms in total. The Kier molecular flexibility index (Phi) is 4.30. The standard InChI is InChI=1S/C10H15N5O2S2/c1-8-6-10(18-9(8)7-11)19(16,17)13-3-5-15-4-2-12-14-15/h2,4,6,13H,3,5,7,11H2,1H3. The molecule has 0 aliphatic heterocycles. The first-order valence-electron chi connectivity index (χ1n) is 5.66. The van der Waals surface area contributed by atoms with Gasteiger partial charge in [0.15, 0.2) is 0 Å². The van der Waals surface area contributed by atoms with E-state index in [0.717, 1.165) is 10.4 Å². The highest BCUT2D eigenvalue weighted by atomic mass is 32.2. The molecule has 19 heavy (non-hydrogen) atoms. The van der Waals surface area contributed by atoms with Crippen molar-refractivity contribution < 1.29 is 8.42 Å². The molecular weight excluding hydrogens is 286 g/mol.